The molecule has 2 aliphatic carbocycles. The Morgan fingerprint density at radius 1 is 0.719 bits per heavy atom. The van der Waals surface area contributed by atoms with Gasteiger partial charge in [0.05, 0.1) is 0 Å². The lowest BCUT2D eigenvalue weighted by Crippen LogP contribution is -2.17. The fourth-order valence-electron chi connectivity index (χ4n) is 6.00. The second-order valence-corrected chi connectivity index (χ2v) is 10.8. The summed E-state index contributed by atoms with van der Waals surface area (Å²) in [5.41, 5.74) is 2.59. The second-order valence-electron chi connectivity index (χ2n) is 10.8. The van der Waals surface area contributed by atoms with Crippen LogP contribution < -0.4 is 0 Å². The molecule has 0 N–H and O–H groups in total. The molecule has 2 saturated carbocycles. The highest BCUT2D eigenvalue weighted by Gasteiger charge is 2.23. The molecule has 0 amide bonds. The average Bonchev–Trinajstić information content (AvgIpc) is 2.83. The maximum absolute atomic E-state index is 3.32. The molecule has 0 atom stereocenters. The largest absolute Gasteiger partial charge is 0.0730 e. The third-order valence-electron chi connectivity index (χ3n) is 8.23. The summed E-state index contributed by atoms with van der Waals surface area (Å²) in [5, 5.41) is 0. The van der Waals surface area contributed by atoms with E-state index in [0.29, 0.717) is 0 Å². The Bertz CT molecular complexity index is 697. The van der Waals surface area contributed by atoms with Crippen LogP contribution in [0.3, 0.4) is 0 Å². The summed E-state index contributed by atoms with van der Waals surface area (Å²) in [7, 11) is 0. The molecular formula is C32H48. The molecule has 0 aliphatic heterocycles. The first-order valence-electron chi connectivity index (χ1n) is 14.0. The van der Waals surface area contributed by atoms with E-state index in [-0.39, 0.29) is 0 Å². The quantitative estimate of drug-likeness (QED) is 0.255. The van der Waals surface area contributed by atoms with Crippen molar-refractivity contribution in [1.29, 1.82) is 0 Å². The van der Waals surface area contributed by atoms with Gasteiger partial charge in [-0.05, 0) is 86.0 Å². The fourth-order valence-corrected chi connectivity index (χ4v) is 6.00. The highest BCUT2D eigenvalue weighted by molar-refractivity contribution is 5.38. The molecule has 0 heterocycles. The standard InChI is InChI=1S/C32H48/c1-3-5-6-10-28-15-17-29(18-16-28)11-7-8-12-30-19-23-32(24-20-30)26-25-31-21-13-27(9-4-2)14-22-31/h8,12,15-18,27,30-32H,3-6,9-10,13-14,19-26H2,1-2H3. The molecule has 0 nitrogen and oxygen atoms in total. The van der Waals surface area contributed by atoms with Crippen LogP contribution in [0.25, 0.3) is 0 Å². The Labute approximate surface area is 199 Å². The molecule has 1 aromatic rings. The van der Waals surface area contributed by atoms with E-state index in [2.05, 4.69) is 62.1 Å². The van der Waals surface area contributed by atoms with Crippen molar-refractivity contribution in [2.75, 3.05) is 0 Å². The van der Waals surface area contributed by atoms with Crippen LogP contribution in [0.4, 0.5) is 0 Å². The lowest BCUT2D eigenvalue weighted by molar-refractivity contribution is 0.221. The van der Waals surface area contributed by atoms with Gasteiger partial charge in [-0.25, -0.2) is 0 Å². The predicted octanol–water partition coefficient (Wildman–Crippen LogP) is 9.52. The Kier molecular flexibility index (Phi) is 11.5. The third-order valence-corrected chi connectivity index (χ3v) is 8.23. The van der Waals surface area contributed by atoms with Crippen LogP contribution in [0, 0.1) is 35.5 Å². The van der Waals surface area contributed by atoms with Gasteiger partial charge in [-0.1, -0.05) is 108 Å². The smallest absolute Gasteiger partial charge is 0.0249 e. The zero-order valence-electron chi connectivity index (χ0n) is 21.1. The van der Waals surface area contributed by atoms with Gasteiger partial charge in [0.1, 0.15) is 0 Å². The van der Waals surface area contributed by atoms with Gasteiger partial charge in [0.2, 0.25) is 0 Å². The first-order chi connectivity index (χ1) is 15.8. The normalized spacial score (nSPS) is 26.1. The number of benzene rings is 1. The molecular weight excluding hydrogens is 384 g/mol. The van der Waals surface area contributed by atoms with Gasteiger partial charge in [-0.3, -0.25) is 0 Å². The molecule has 2 fully saturated rings. The molecule has 0 saturated heterocycles. The van der Waals surface area contributed by atoms with Crippen LogP contribution in [0.15, 0.2) is 36.4 Å². The van der Waals surface area contributed by atoms with E-state index in [1.165, 1.54) is 108 Å². The van der Waals surface area contributed by atoms with Crippen LogP contribution in [0.1, 0.15) is 121 Å². The molecule has 32 heavy (non-hydrogen) atoms. The number of hydrogen-bond donors (Lipinski definition) is 0. The van der Waals surface area contributed by atoms with E-state index in [1.807, 2.05) is 0 Å². The Hall–Kier alpha value is -1.48. The Morgan fingerprint density at radius 3 is 1.91 bits per heavy atom. The van der Waals surface area contributed by atoms with Crippen molar-refractivity contribution >= 4 is 0 Å². The van der Waals surface area contributed by atoms with Crippen molar-refractivity contribution < 1.29 is 0 Å². The molecule has 0 unspecified atom stereocenters. The first-order valence-corrected chi connectivity index (χ1v) is 14.0. The number of rotatable bonds is 10. The zero-order valence-corrected chi connectivity index (χ0v) is 21.1. The third kappa shape index (κ3) is 9.17. The zero-order chi connectivity index (χ0) is 22.4. The van der Waals surface area contributed by atoms with E-state index >= 15 is 0 Å². The second kappa shape index (κ2) is 14.6. The SMILES string of the molecule is CCCCCc1ccc(C#CC=CC2CCC(CCC3CCC(CCC)CC3)CC2)cc1. The van der Waals surface area contributed by atoms with Crippen molar-refractivity contribution in [3.05, 3.63) is 47.5 Å². The van der Waals surface area contributed by atoms with Crippen molar-refractivity contribution in [3.8, 4) is 11.8 Å². The molecule has 0 spiro atoms. The van der Waals surface area contributed by atoms with Crippen LogP contribution in [-0.4, -0.2) is 0 Å². The minimum Gasteiger partial charge on any atom is -0.0730 e. The Balaban J connectivity index is 1.30. The summed E-state index contributed by atoms with van der Waals surface area (Å²) in [5.74, 6) is 10.4. The minimum absolute atomic E-state index is 0.756. The summed E-state index contributed by atoms with van der Waals surface area (Å²) in [6.45, 7) is 4.61. The summed E-state index contributed by atoms with van der Waals surface area (Å²) < 4.78 is 0. The van der Waals surface area contributed by atoms with Gasteiger partial charge in [-0.15, -0.1) is 0 Å². The van der Waals surface area contributed by atoms with Gasteiger partial charge in [0, 0.05) is 5.56 Å². The first kappa shape index (κ1) is 25.1. The number of hydrogen-bond acceptors (Lipinski definition) is 0. The van der Waals surface area contributed by atoms with Gasteiger partial charge in [0.15, 0.2) is 0 Å². The van der Waals surface area contributed by atoms with Crippen LogP contribution in [0.2, 0.25) is 0 Å². The van der Waals surface area contributed by atoms with Crippen molar-refractivity contribution in [3.63, 3.8) is 0 Å². The topological polar surface area (TPSA) is 0 Å². The van der Waals surface area contributed by atoms with Crippen LogP contribution >= 0.6 is 0 Å². The lowest BCUT2D eigenvalue weighted by Gasteiger charge is -2.31. The van der Waals surface area contributed by atoms with E-state index in [0.717, 1.165) is 29.2 Å². The minimum atomic E-state index is 0.756. The van der Waals surface area contributed by atoms with Gasteiger partial charge >= 0.3 is 0 Å². The average molecular weight is 433 g/mol. The van der Waals surface area contributed by atoms with E-state index < -0.39 is 0 Å². The molecule has 0 heteroatoms. The highest BCUT2D eigenvalue weighted by atomic mass is 14.3. The molecule has 0 radical (unpaired) electrons. The Morgan fingerprint density at radius 2 is 1.31 bits per heavy atom. The molecule has 1 aromatic carbocycles. The fraction of sp³-hybridized carbons (Fsp3) is 0.688. The monoisotopic (exact) mass is 432 g/mol. The number of allylic oxidation sites excluding steroid dienone is 2. The van der Waals surface area contributed by atoms with Crippen LogP contribution in [0.5, 0.6) is 0 Å². The maximum Gasteiger partial charge on any atom is 0.0249 e. The molecule has 2 aliphatic rings. The van der Waals surface area contributed by atoms with E-state index in [4.69, 9.17) is 0 Å². The maximum atomic E-state index is 3.32. The van der Waals surface area contributed by atoms with Gasteiger partial charge in [0.25, 0.3) is 0 Å². The van der Waals surface area contributed by atoms with Crippen molar-refractivity contribution in [2.24, 2.45) is 23.7 Å². The van der Waals surface area contributed by atoms with Crippen LogP contribution in [-0.2, 0) is 6.42 Å². The molecule has 0 bridgehead atoms. The summed E-state index contributed by atoms with van der Waals surface area (Å²) in [6.07, 6.45) is 27.2. The summed E-state index contributed by atoms with van der Waals surface area (Å²) in [4.78, 5) is 0. The highest BCUT2D eigenvalue weighted by Crippen LogP contribution is 2.37. The van der Waals surface area contributed by atoms with E-state index in [1.54, 1.807) is 0 Å². The predicted molar refractivity (Wildman–Crippen MR) is 141 cm³/mol. The molecule has 0 aromatic heterocycles. The molecule has 3 rings (SSSR count). The number of aryl methyl sites for hydroxylation is 1. The summed E-state index contributed by atoms with van der Waals surface area (Å²) >= 11 is 0. The molecule has 176 valence electrons. The van der Waals surface area contributed by atoms with E-state index in [9.17, 15) is 0 Å². The number of unbranched alkanes of at least 4 members (excludes halogenated alkanes) is 2. The van der Waals surface area contributed by atoms with Crippen molar-refractivity contribution in [2.45, 2.75) is 117 Å². The lowest BCUT2D eigenvalue weighted by atomic mass is 9.75. The van der Waals surface area contributed by atoms with Gasteiger partial charge < -0.3 is 0 Å². The van der Waals surface area contributed by atoms with Gasteiger partial charge in [-0.2, -0.15) is 0 Å². The summed E-state index contributed by atoms with van der Waals surface area (Å²) in [6, 6.07) is 8.87. The van der Waals surface area contributed by atoms with Crippen molar-refractivity contribution in [1.82, 2.24) is 0 Å².